The summed E-state index contributed by atoms with van der Waals surface area (Å²) in [6.07, 6.45) is 0.964. The molecule has 0 saturated carbocycles. The molecule has 3 aromatic rings. The Morgan fingerprint density at radius 2 is 1.89 bits per heavy atom. The van der Waals surface area contributed by atoms with Gasteiger partial charge < -0.3 is 19.6 Å². The molecule has 0 bridgehead atoms. The lowest BCUT2D eigenvalue weighted by Gasteiger charge is -2.11. The lowest BCUT2D eigenvalue weighted by molar-refractivity contribution is -0.118. The number of furan rings is 1. The average molecular weight is 365 g/mol. The van der Waals surface area contributed by atoms with E-state index in [1.165, 1.54) is 5.56 Å². The Labute approximate surface area is 158 Å². The van der Waals surface area contributed by atoms with Crippen molar-refractivity contribution in [3.05, 3.63) is 71.5 Å². The summed E-state index contributed by atoms with van der Waals surface area (Å²) in [5.74, 6) is 1.57. The summed E-state index contributed by atoms with van der Waals surface area (Å²) in [6, 6.07) is 16.9. The highest BCUT2D eigenvalue weighted by molar-refractivity contribution is 5.93. The minimum absolute atomic E-state index is 0.0649. The molecule has 0 aliphatic carbocycles. The summed E-state index contributed by atoms with van der Waals surface area (Å²) in [6.45, 7) is 3.80. The van der Waals surface area contributed by atoms with Gasteiger partial charge in [-0.2, -0.15) is 0 Å². The van der Waals surface area contributed by atoms with Crippen LogP contribution in [0.5, 0.6) is 5.75 Å². The maximum atomic E-state index is 12.3. The van der Waals surface area contributed by atoms with Gasteiger partial charge in [0.1, 0.15) is 23.9 Å². The van der Waals surface area contributed by atoms with Crippen molar-refractivity contribution in [2.24, 2.45) is 0 Å². The summed E-state index contributed by atoms with van der Waals surface area (Å²) in [7, 11) is 0. The summed E-state index contributed by atoms with van der Waals surface area (Å²) >= 11 is 0. The predicted molar refractivity (Wildman–Crippen MR) is 105 cm³/mol. The van der Waals surface area contributed by atoms with Crippen LogP contribution in [0, 0.1) is 6.92 Å². The van der Waals surface area contributed by atoms with Crippen molar-refractivity contribution in [1.29, 1.82) is 0 Å². The summed E-state index contributed by atoms with van der Waals surface area (Å²) in [5.41, 5.74) is 3.69. The van der Waals surface area contributed by atoms with E-state index in [4.69, 9.17) is 14.3 Å². The first-order chi connectivity index (χ1) is 13.1. The van der Waals surface area contributed by atoms with Crippen molar-refractivity contribution in [2.75, 3.05) is 11.9 Å². The number of carbonyl (C=O) groups excluding carboxylic acids is 1. The van der Waals surface area contributed by atoms with E-state index in [0.29, 0.717) is 23.0 Å². The maximum Gasteiger partial charge on any atom is 0.262 e. The smallest absolute Gasteiger partial charge is 0.262 e. The maximum absolute atomic E-state index is 12.3. The quantitative estimate of drug-likeness (QED) is 0.654. The Balaban J connectivity index is 1.65. The van der Waals surface area contributed by atoms with Crippen LogP contribution in [0.25, 0.3) is 11.3 Å². The van der Waals surface area contributed by atoms with E-state index in [9.17, 15) is 4.79 Å². The number of anilines is 1. The molecule has 2 N–H and O–H groups in total. The third-order valence-electron chi connectivity index (χ3n) is 4.32. The second-order valence-corrected chi connectivity index (χ2v) is 6.29. The van der Waals surface area contributed by atoms with Crippen LogP contribution in [0.2, 0.25) is 0 Å². The number of hydrogen-bond acceptors (Lipinski definition) is 4. The Morgan fingerprint density at radius 1 is 1.11 bits per heavy atom. The molecule has 5 nitrogen and oxygen atoms in total. The van der Waals surface area contributed by atoms with Gasteiger partial charge in [-0.3, -0.25) is 4.79 Å². The molecule has 2 aromatic carbocycles. The van der Waals surface area contributed by atoms with Crippen molar-refractivity contribution in [3.63, 3.8) is 0 Å². The second-order valence-electron chi connectivity index (χ2n) is 6.29. The van der Waals surface area contributed by atoms with Gasteiger partial charge >= 0.3 is 0 Å². The Bertz CT molecular complexity index is 912. The first-order valence-corrected chi connectivity index (χ1v) is 8.91. The minimum atomic E-state index is -0.231. The van der Waals surface area contributed by atoms with Crippen molar-refractivity contribution in [2.45, 2.75) is 26.9 Å². The van der Waals surface area contributed by atoms with Gasteiger partial charge in [-0.05, 0) is 54.8 Å². The van der Waals surface area contributed by atoms with Crippen LogP contribution in [0.15, 0.2) is 59.0 Å². The Morgan fingerprint density at radius 3 is 2.56 bits per heavy atom. The van der Waals surface area contributed by atoms with Crippen LogP contribution in [-0.4, -0.2) is 17.6 Å². The predicted octanol–water partition coefficient (Wildman–Crippen LogP) is 4.33. The molecule has 0 saturated heterocycles. The van der Waals surface area contributed by atoms with Gasteiger partial charge in [0.25, 0.3) is 5.91 Å². The fraction of sp³-hybridized carbons (Fsp3) is 0.227. The number of benzene rings is 2. The number of amides is 1. The van der Waals surface area contributed by atoms with Crippen LogP contribution in [0.4, 0.5) is 5.69 Å². The van der Waals surface area contributed by atoms with Gasteiger partial charge in [0.05, 0.1) is 0 Å². The van der Waals surface area contributed by atoms with Crippen LogP contribution < -0.4 is 10.1 Å². The van der Waals surface area contributed by atoms with E-state index in [0.717, 1.165) is 17.5 Å². The van der Waals surface area contributed by atoms with Crippen molar-refractivity contribution >= 4 is 11.6 Å². The van der Waals surface area contributed by atoms with Gasteiger partial charge in [-0.15, -0.1) is 0 Å². The van der Waals surface area contributed by atoms with Crippen molar-refractivity contribution in [3.8, 4) is 17.1 Å². The number of aliphatic hydroxyl groups is 1. The molecule has 27 heavy (non-hydrogen) atoms. The molecule has 0 atom stereocenters. The van der Waals surface area contributed by atoms with Crippen LogP contribution in [-0.2, 0) is 17.8 Å². The number of hydrogen-bond donors (Lipinski definition) is 2. The van der Waals surface area contributed by atoms with Crippen molar-refractivity contribution < 1.29 is 19.1 Å². The molecule has 140 valence electrons. The fourth-order valence-corrected chi connectivity index (χ4v) is 2.68. The van der Waals surface area contributed by atoms with Crippen LogP contribution in [0.1, 0.15) is 23.8 Å². The third kappa shape index (κ3) is 4.77. The monoisotopic (exact) mass is 365 g/mol. The summed E-state index contributed by atoms with van der Waals surface area (Å²) in [4.78, 5) is 12.3. The molecule has 0 unspecified atom stereocenters. The normalized spacial score (nSPS) is 10.6. The van der Waals surface area contributed by atoms with Crippen LogP contribution >= 0.6 is 0 Å². The van der Waals surface area contributed by atoms with E-state index in [2.05, 4.69) is 12.2 Å². The zero-order valence-corrected chi connectivity index (χ0v) is 15.5. The highest BCUT2D eigenvalue weighted by Gasteiger charge is 2.10. The number of ether oxygens (including phenoxy) is 1. The lowest BCUT2D eigenvalue weighted by atomic mass is 10.1. The molecule has 0 aliphatic rings. The average Bonchev–Trinajstić information content (AvgIpc) is 3.18. The van der Waals surface area contributed by atoms with Crippen LogP contribution in [0.3, 0.4) is 0 Å². The van der Waals surface area contributed by atoms with E-state index in [1.807, 2.05) is 49.4 Å². The zero-order chi connectivity index (χ0) is 19.2. The van der Waals surface area contributed by atoms with Gasteiger partial charge in [-0.25, -0.2) is 0 Å². The van der Waals surface area contributed by atoms with E-state index < -0.39 is 0 Å². The highest BCUT2D eigenvalue weighted by atomic mass is 16.5. The number of aryl methyl sites for hydroxylation is 2. The second kappa shape index (κ2) is 8.56. The molecule has 0 radical (unpaired) electrons. The van der Waals surface area contributed by atoms with E-state index in [-0.39, 0.29) is 19.1 Å². The molecule has 5 heteroatoms. The van der Waals surface area contributed by atoms with E-state index >= 15 is 0 Å². The first-order valence-electron chi connectivity index (χ1n) is 8.91. The standard InChI is InChI=1S/C22H23NO4/c1-3-16-5-8-18(9-6-16)26-14-22(25)23-20-12-17(7-4-15(20)2)21-11-10-19(13-24)27-21/h4-12,24H,3,13-14H2,1-2H3,(H,23,25). The molecule has 1 heterocycles. The fourth-order valence-electron chi connectivity index (χ4n) is 2.68. The van der Waals surface area contributed by atoms with Crippen molar-refractivity contribution in [1.82, 2.24) is 0 Å². The SMILES string of the molecule is CCc1ccc(OCC(=O)Nc2cc(-c3ccc(CO)o3)ccc2C)cc1. The number of nitrogens with one attached hydrogen (secondary N) is 1. The van der Waals surface area contributed by atoms with Gasteiger partial charge in [-0.1, -0.05) is 31.2 Å². The molecular weight excluding hydrogens is 342 g/mol. The highest BCUT2D eigenvalue weighted by Crippen LogP contribution is 2.27. The lowest BCUT2D eigenvalue weighted by Crippen LogP contribution is -2.20. The number of rotatable bonds is 7. The molecule has 0 aliphatic heterocycles. The first kappa shape index (κ1) is 18.7. The Hall–Kier alpha value is -3.05. The summed E-state index contributed by atoms with van der Waals surface area (Å²) in [5, 5.41) is 12.0. The molecule has 1 aromatic heterocycles. The number of carbonyl (C=O) groups is 1. The molecular formula is C22H23NO4. The number of aliphatic hydroxyl groups excluding tert-OH is 1. The summed E-state index contributed by atoms with van der Waals surface area (Å²) < 4.78 is 11.1. The molecule has 0 spiro atoms. The van der Waals surface area contributed by atoms with Gasteiger partial charge in [0.2, 0.25) is 0 Å². The molecule has 0 fully saturated rings. The minimum Gasteiger partial charge on any atom is -0.484 e. The van der Waals surface area contributed by atoms with Gasteiger partial charge in [0, 0.05) is 11.3 Å². The van der Waals surface area contributed by atoms with E-state index in [1.54, 1.807) is 12.1 Å². The topological polar surface area (TPSA) is 71.7 Å². The molecule has 1 amide bonds. The third-order valence-corrected chi connectivity index (χ3v) is 4.32. The Kier molecular flexibility index (Phi) is 5.94. The zero-order valence-electron chi connectivity index (χ0n) is 15.5. The largest absolute Gasteiger partial charge is 0.484 e. The van der Waals surface area contributed by atoms with Gasteiger partial charge in [0.15, 0.2) is 6.61 Å². The molecule has 3 rings (SSSR count).